The monoisotopic (exact) mass is 228 g/mol. The van der Waals surface area contributed by atoms with Gasteiger partial charge in [0, 0.05) is 18.6 Å². The Labute approximate surface area is 101 Å². The normalized spacial score (nSPS) is 31.9. The van der Waals surface area contributed by atoms with Gasteiger partial charge in [0.2, 0.25) is 0 Å². The summed E-state index contributed by atoms with van der Waals surface area (Å²) in [6.07, 6.45) is 5.41. The third kappa shape index (κ3) is 2.78. The van der Waals surface area contributed by atoms with E-state index in [1.54, 1.807) is 0 Å². The first-order valence-electron chi connectivity index (χ1n) is 6.90. The average Bonchev–Trinajstić information content (AvgIpc) is 2.70. The first kappa shape index (κ1) is 14.0. The number of ether oxygens (including phenoxy) is 2. The molecule has 1 aliphatic rings. The summed E-state index contributed by atoms with van der Waals surface area (Å²) >= 11 is 0. The molecule has 0 aliphatic heterocycles. The average molecular weight is 228 g/mol. The molecule has 0 aromatic carbocycles. The molecule has 2 heteroatoms. The van der Waals surface area contributed by atoms with Crippen molar-refractivity contribution in [3.8, 4) is 0 Å². The molecule has 1 fully saturated rings. The van der Waals surface area contributed by atoms with Crippen LogP contribution in [0.3, 0.4) is 0 Å². The van der Waals surface area contributed by atoms with Gasteiger partial charge in [0.25, 0.3) is 0 Å². The fourth-order valence-electron chi connectivity index (χ4n) is 3.09. The van der Waals surface area contributed by atoms with Crippen LogP contribution < -0.4 is 0 Å². The Kier molecular flexibility index (Phi) is 5.77. The van der Waals surface area contributed by atoms with Crippen molar-refractivity contribution in [3.05, 3.63) is 0 Å². The molecular formula is C14H28O2. The Morgan fingerprint density at radius 1 is 1.25 bits per heavy atom. The van der Waals surface area contributed by atoms with Gasteiger partial charge in [-0.1, -0.05) is 26.7 Å². The molecule has 0 aromatic heterocycles. The highest BCUT2D eigenvalue weighted by molar-refractivity contribution is 4.96. The fourth-order valence-corrected chi connectivity index (χ4v) is 3.09. The third-order valence-corrected chi connectivity index (χ3v) is 4.29. The lowest BCUT2D eigenvalue weighted by Crippen LogP contribution is -2.42. The Bertz CT molecular complexity index is 193. The summed E-state index contributed by atoms with van der Waals surface area (Å²) in [5, 5.41) is 0. The topological polar surface area (TPSA) is 18.5 Å². The molecule has 0 spiro atoms. The van der Waals surface area contributed by atoms with Crippen LogP contribution in [-0.4, -0.2) is 25.9 Å². The SMILES string of the molecule is CCOCC1(C(C)CC)CCCC1OCC. The van der Waals surface area contributed by atoms with Crippen LogP contribution in [0.25, 0.3) is 0 Å². The van der Waals surface area contributed by atoms with E-state index in [1.165, 1.54) is 25.7 Å². The zero-order chi connectivity index (χ0) is 12.0. The van der Waals surface area contributed by atoms with Crippen molar-refractivity contribution in [1.82, 2.24) is 0 Å². The molecule has 0 N–H and O–H groups in total. The molecule has 3 atom stereocenters. The molecule has 1 saturated carbocycles. The van der Waals surface area contributed by atoms with E-state index in [2.05, 4.69) is 27.7 Å². The van der Waals surface area contributed by atoms with Crippen LogP contribution in [0.1, 0.15) is 53.4 Å². The van der Waals surface area contributed by atoms with E-state index in [1.807, 2.05) is 0 Å². The van der Waals surface area contributed by atoms with Crippen LogP contribution >= 0.6 is 0 Å². The van der Waals surface area contributed by atoms with Gasteiger partial charge in [-0.25, -0.2) is 0 Å². The van der Waals surface area contributed by atoms with Crippen LogP contribution in [0, 0.1) is 11.3 Å². The minimum absolute atomic E-state index is 0.279. The molecule has 0 saturated heterocycles. The molecule has 1 rings (SSSR count). The first-order valence-corrected chi connectivity index (χ1v) is 6.90. The fraction of sp³-hybridized carbons (Fsp3) is 1.00. The summed E-state index contributed by atoms with van der Waals surface area (Å²) < 4.78 is 11.7. The summed E-state index contributed by atoms with van der Waals surface area (Å²) in [6, 6.07) is 0. The molecule has 3 unspecified atom stereocenters. The van der Waals surface area contributed by atoms with Gasteiger partial charge in [-0.3, -0.25) is 0 Å². The molecule has 2 nitrogen and oxygen atoms in total. The van der Waals surface area contributed by atoms with E-state index in [-0.39, 0.29) is 5.41 Å². The maximum atomic E-state index is 5.96. The summed E-state index contributed by atoms with van der Waals surface area (Å²) in [4.78, 5) is 0. The standard InChI is InChI=1S/C14H28O2/c1-5-12(4)14(11-15-6-2)10-8-9-13(14)16-7-3/h12-13H,5-11H2,1-4H3. The van der Waals surface area contributed by atoms with Gasteiger partial charge < -0.3 is 9.47 Å². The summed E-state index contributed by atoms with van der Waals surface area (Å²) in [5.74, 6) is 0.693. The number of hydrogen-bond donors (Lipinski definition) is 0. The van der Waals surface area contributed by atoms with Crippen molar-refractivity contribution >= 4 is 0 Å². The van der Waals surface area contributed by atoms with E-state index in [9.17, 15) is 0 Å². The lowest BCUT2D eigenvalue weighted by atomic mass is 9.72. The molecule has 1 aliphatic carbocycles. The molecule has 0 bridgehead atoms. The lowest BCUT2D eigenvalue weighted by Gasteiger charge is -2.40. The maximum Gasteiger partial charge on any atom is 0.0655 e. The summed E-state index contributed by atoms with van der Waals surface area (Å²) in [6.45, 7) is 11.3. The highest BCUT2D eigenvalue weighted by Crippen LogP contribution is 2.47. The maximum absolute atomic E-state index is 5.96. The Balaban J connectivity index is 2.74. The van der Waals surface area contributed by atoms with Gasteiger partial charge in [-0.2, -0.15) is 0 Å². The number of hydrogen-bond acceptors (Lipinski definition) is 2. The second-order valence-corrected chi connectivity index (χ2v) is 5.02. The van der Waals surface area contributed by atoms with Crippen LogP contribution in [0.5, 0.6) is 0 Å². The van der Waals surface area contributed by atoms with E-state index in [0.29, 0.717) is 12.0 Å². The van der Waals surface area contributed by atoms with E-state index >= 15 is 0 Å². The predicted molar refractivity (Wildman–Crippen MR) is 67.6 cm³/mol. The number of rotatable bonds is 7. The third-order valence-electron chi connectivity index (χ3n) is 4.29. The molecular weight excluding hydrogens is 200 g/mol. The van der Waals surface area contributed by atoms with Crippen molar-refractivity contribution in [3.63, 3.8) is 0 Å². The van der Waals surface area contributed by atoms with Crippen molar-refractivity contribution in [1.29, 1.82) is 0 Å². The summed E-state index contributed by atoms with van der Waals surface area (Å²) in [5.41, 5.74) is 0.279. The smallest absolute Gasteiger partial charge is 0.0655 e. The van der Waals surface area contributed by atoms with Gasteiger partial charge in [-0.15, -0.1) is 0 Å². The molecule has 16 heavy (non-hydrogen) atoms. The van der Waals surface area contributed by atoms with Crippen LogP contribution in [0.15, 0.2) is 0 Å². The highest BCUT2D eigenvalue weighted by atomic mass is 16.5. The Morgan fingerprint density at radius 2 is 2.00 bits per heavy atom. The van der Waals surface area contributed by atoms with Crippen LogP contribution in [-0.2, 0) is 9.47 Å². The van der Waals surface area contributed by atoms with E-state index in [4.69, 9.17) is 9.47 Å². The van der Waals surface area contributed by atoms with Gasteiger partial charge in [0.05, 0.1) is 12.7 Å². The van der Waals surface area contributed by atoms with Crippen molar-refractivity contribution in [2.45, 2.75) is 59.5 Å². The van der Waals surface area contributed by atoms with Gasteiger partial charge in [0.1, 0.15) is 0 Å². The molecule has 0 radical (unpaired) electrons. The zero-order valence-electron chi connectivity index (χ0n) is 11.4. The van der Waals surface area contributed by atoms with Crippen LogP contribution in [0.2, 0.25) is 0 Å². The molecule has 0 heterocycles. The minimum Gasteiger partial charge on any atom is -0.381 e. The minimum atomic E-state index is 0.279. The Hall–Kier alpha value is -0.0800. The summed E-state index contributed by atoms with van der Waals surface area (Å²) in [7, 11) is 0. The second kappa shape index (κ2) is 6.61. The van der Waals surface area contributed by atoms with Crippen LogP contribution in [0.4, 0.5) is 0 Å². The van der Waals surface area contributed by atoms with Crippen molar-refractivity contribution in [2.24, 2.45) is 11.3 Å². The molecule has 0 amide bonds. The second-order valence-electron chi connectivity index (χ2n) is 5.02. The van der Waals surface area contributed by atoms with Crippen molar-refractivity contribution in [2.75, 3.05) is 19.8 Å². The zero-order valence-corrected chi connectivity index (χ0v) is 11.4. The lowest BCUT2D eigenvalue weighted by molar-refractivity contribution is -0.0867. The van der Waals surface area contributed by atoms with Gasteiger partial charge in [-0.05, 0) is 32.6 Å². The first-order chi connectivity index (χ1) is 7.71. The predicted octanol–water partition coefficient (Wildman–Crippen LogP) is 3.64. The molecule has 96 valence electrons. The Morgan fingerprint density at radius 3 is 2.56 bits per heavy atom. The van der Waals surface area contributed by atoms with Gasteiger partial charge in [0.15, 0.2) is 0 Å². The highest BCUT2D eigenvalue weighted by Gasteiger charge is 2.46. The van der Waals surface area contributed by atoms with Gasteiger partial charge >= 0.3 is 0 Å². The van der Waals surface area contributed by atoms with E-state index in [0.717, 1.165) is 19.8 Å². The quantitative estimate of drug-likeness (QED) is 0.662. The van der Waals surface area contributed by atoms with E-state index < -0.39 is 0 Å². The molecule has 0 aromatic rings. The van der Waals surface area contributed by atoms with Crippen molar-refractivity contribution < 1.29 is 9.47 Å². The largest absolute Gasteiger partial charge is 0.381 e.